The Morgan fingerprint density at radius 3 is 2.42 bits per heavy atom. The lowest BCUT2D eigenvalue weighted by Gasteiger charge is -2.47. The molecule has 10 saturated heterocycles. The van der Waals surface area contributed by atoms with Crippen molar-refractivity contribution in [3.63, 3.8) is 0 Å². The van der Waals surface area contributed by atoms with Gasteiger partial charge in [-0.05, 0) is 62.0 Å². The summed E-state index contributed by atoms with van der Waals surface area (Å²) in [6, 6.07) is 0. The first-order chi connectivity index (χ1) is 27.5. The number of carbonyl (C=O) groups excluding carboxylic acids is 1. The third kappa shape index (κ3) is 8.43. The summed E-state index contributed by atoms with van der Waals surface area (Å²) < 4.78 is 72.0. The number of aliphatic hydroxyl groups excluding tert-OH is 1. The lowest BCUT2D eigenvalue weighted by atomic mass is 9.81. The number of carbonyl (C=O) groups is 1. The zero-order valence-corrected chi connectivity index (χ0v) is 34.8. The van der Waals surface area contributed by atoms with Crippen LogP contribution in [-0.4, -0.2) is 151 Å². The Balaban J connectivity index is 0.960. The maximum Gasteiger partial charge on any atom is 0.172 e. The minimum atomic E-state index is -0.913. The highest BCUT2D eigenvalue weighted by molar-refractivity contribution is 7.84. The largest absolute Gasteiger partial charge is 0.392 e. The maximum atomic E-state index is 14.2. The number of fused-ring (bicyclic) bond motifs is 6. The predicted octanol–water partition coefficient (Wildman–Crippen LogP) is 3.45. The minimum absolute atomic E-state index is 0.0278. The third-order valence-corrected chi connectivity index (χ3v) is 15.4. The molecule has 10 heterocycles. The van der Waals surface area contributed by atoms with E-state index in [9.17, 15) is 14.1 Å². The summed E-state index contributed by atoms with van der Waals surface area (Å²) in [4.78, 5) is 14.2. The highest BCUT2D eigenvalue weighted by Crippen LogP contribution is 2.54. The van der Waals surface area contributed by atoms with Crippen molar-refractivity contribution in [3.8, 4) is 0 Å². The van der Waals surface area contributed by atoms with Gasteiger partial charge < -0.3 is 53.1 Å². The van der Waals surface area contributed by atoms with Crippen molar-refractivity contribution in [1.82, 2.24) is 5.32 Å². The quantitative estimate of drug-likeness (QED) is 0.273. The lowest BCUT2D eigenvalue weighted by Crippen LogP contribution is -2.61. The van der Waals surface area contributed by atoms with Crippen LogP contribution in [0.2, 0.25) is 0 Å². The molecule has 20 atom stereocenters. The molecular formula is C43H65NO12S. The van der Waals surface area contributed by atoms with Crippen LogP contribution in [0.5, 0.6) is 0 Å². The van der Waals surface area contributed by atoms with E-state index >= 15 is 0 Å². The predicted molar refractivity (Wildman–Crippen MR) is 209 cm³/mol. The molecule has 320 valence electrons. The molecule has 14 heteroatoms. The molecule has 10 aliphatic heterocycles. The molecule has 12 bridgehead atoms. The molecule has 2 N–H and O–H groups in total. The van der Waals surface area contributed by atoms with Crippen molar-refractivity contribution in [2.24, 2.45) is 11.8 Å². The fourth-order valence-corrected chi connectivity index (χ4v) is 12.2. The van der Waals surface area contributed by atoms with Crippen LogP contribution in [0, 0.1) is 11.8 Å². The second-order valence-electron chi connectivity index (χ2n) is 18.7. The van der Waals surface area contributed by atoms with Crippen LogP contribution in [-0.2, 0) is 58.2 Å². The molecule has 10 aliphatic rings. The first kappa shape index (κ1) is 41.2. The van der Waals surface area contributed by atoms with E-state index in [0.29, 0.717) is 50.9 Å². The van der Waals surface area contributed by atoms with Gasteiger partial charge in [0.1, 0.15) is 36.3 Å². The van der Waals surface area contributed by atoms with Crippen molar-refractivity contribution in [2.45, 2.75) is 194 Å². The summed E-state index contributed by atoms with van der Waals surface area (Å²) in [7, 11) is 0.752. The van der Waals surface area contributed by atoms with Crippen molar-refractivity contribution in [2.75, 3.05) is 32.2 Å². The Morgan fingerprint density at radius 1 is 0.842 bits per heavy atom. The van der Waals surface area contributed by atoms with Crippen LogP contribution in [0.25, 0.3) is 0 Å². The molecule has 0 radical (unpaired) electrons. The number of aliphatic hydroxyl groups is 1. The van der Waals surface area contributed by atoms with E-state index in [2.05, 4.69) is 25.4 Å². The third-order valence-electron chi connectivity index (χ3n) is 14.7. The van der Waals surface area contributed by atoms with Gasteiger partial charge in [0, 0.05) is 87.5 Å². The smallest absolute Gasteiger partial charge is 0.172 e. The SMILES string of the molecule is C=C1C[C@@H]2CC[C@@]34C[C@H]5O[C@@H]6C(O3)[C@H]3O[C@H](CC[C@@H]3O[C@H]6[C@H]5O4)CC(=O)C[C@@H]3[C@@H](OC)[C@@H](C[C@H](O)CNCCS(C)=O)O[C@H]3C[C@H]3O[C@@H](CC[C@@H]1O2)C[C@@H](C)C3=C. The van der Waals surface area contributed by atoms with E-state index in [0.717, 1.165) is 49.7 Å². The fourth-order valence-electron chi connectivity index (χ4n) is 11.8. The average Bonchev–Trinajstić information content (AvgIpc) is 3.85. The van der Waals surface area contributed by atoms with E-state index in [-0.39, 0.29) is 110 Å². The molecule has 0 aromatic heterocycles. The highest BCUT2D eigenvalue weighted by atomic mass is 32.2. The molecular weight excluding hydrogens is 755 g/mol. The van der Waals surface area contributed by atoms with Gasteiger partial charge in [0.15, 0.2) is 5.79 Å². The van der Waals surface area contributed by atoms with Gasteiger partial charge in [-0.1, -0.05) is 20.1 Å². The highest BCUT2D eigenvalue weighted by Gasteiger charge is 2.68. The molecule has 0 aromatic rings. The van der Waals surface area contributed by atoms with Crippen LogP contribution in [0.15, 0.2) is 24.3 Å². The first-order valence-electron chi connectivity index (χ1n) is 21.8. The molecule has 0 aliphatic carbocycles. The van der Waals surface area contributed by atoms with E-state index in [1.807, 2.05) is 0 Å². The Labute approximate surface area is 340 Å². The number of nitrogens with one attached hydrogen (secondary N) is 1. The van der Waals surface area contributed by atoms with Crippen LogP contribution in [0.4, 0.5) is 0 Å². The number of Topliss-reactive ketones (excluding diaryl/α,β-unsaturated/α-hetero) is 1. The van der Waals surface area contributed by atoms with Crippen molar-refractivity contribution in [3.05, 3.63) is 24.3 Å². The number of hydrogen-bond donors (Lipinski definition) is 2. The van der Waals surface area contributed by atoms with Crippen LogP contribution in [0.3, 0.4) is 0 Å². The summed E-state index contributed by atoms with van der Waals surface area (Å²) >= 11 is 0. The van der Waals surface area contributed by atoms with Gasteiger partial charge >= 0.3 is 0 Å². The Hall–Kier alpha value is -1.14. The summed E-state index contributed by atoms with van der Waals surface area (Å²) in [5.41, 5.74) is 2.18. The van der Waals surface area contributed by atoms with E-state index in [1.54, 1.807) is 13.4 Å². The molecule has 1 spiro atoms. The summed E-state index contributed by atoms with van der Waals surface area (Å²) in [5.74, 6) is -0.164. The number of rotatable bonds is 8. The summed E-state index contributed by atoms with van der Waals surface area (Å²) in [5, 5.41) is 14.3. The minimum Gasteiger partial charge on any atom is -0.392 e. The monoisotopic (exact) mass is 819 g/mol. The van der Waals surface area contributed by atoms with Gasteiger partial charge in [-0.3, -0.25) is 9.00 Å². The second-order valence-corrected chi connectivity index (χ2v) is 20.2. The molecule has 10 fully saturated rings. The average molecular weight is 820 g/mol. The second kappa shape index (κ2) is 17.0. The zero-order valence-electron chi connectivity index (χ0n) is 34.0. The lowest BCUT2D eigenvalue weighted by molar-refractivity contribution is -0.292. The Kier molecular flexibility index (Phi) is 12.3. The molecule has 0 amide bonds. The van der Waals surface area contributed by atoms with E-state index < -0.39 is 34.9 Å². The molecule has 57 heavy (non-hydrogen) atoms. The normalized spacial score (nSPS) is 49.4. The molecule has 2 unspecified atom stereocenters. The van der Waals surface area contributed by atoms with Crippen LogP contribution < -0.4 is 5.32 Å². The number of methoxy groups -OCH3 is 1. The van der Waals surface area contributed by atoms with Gasteiger partial charge in [0.05, 0.1) is 67.1 Å². The van der Waals surface area contributed by atoms with Crippen molar-refractivity contribution < 1.29 is 56.7 Å². The maximum absolute atomic E-state index is 14.2. The van der Waals surface area contributed by atoms with E-state index in [1.165, 1.54) is 0 Å². The van der Waals surface area contributed by atoms with Gasteiger partial charge in [0.2, 0.25) is 0 Å². The van der Waals surface area contributed by atoms with Gasteiger partial charge in [-0.15, -0.1) is 0 Å². The van der Waals surface area contributed by atoms with E-state index in [4.69, 9.17) is 42.6 Å². The van der Waals surface area contributed by atoms with Crippen LogP contribution >= 0.6 is 0 Å². The topological polar surface area (TPSA) is 149 Å². The van der Waals surface area contributed by atoms with Crippen molar-refractivity contribution >= 4 is 16.6 Å². The molecule has 13 nitrogen and oxygen atoms in total. The van der Waals surface area contributed by atoms with Gasteiger partial charge in [0.25, 0.3) is 0 Å². The van der Waals surface area contributed by atoms with Crippen LogP contribution in [0.1, 0.15) is 90.4 Å². The molecule has 0 aromatic carbocycles. The number of ketones is 1. The number of ether oxygens (including phenoxy) is 9. The molecule has 10 rings (SSSR count). The Bertz CT molecular complexity index is 1530. The van der Waals surface area contributed by atoms with Gasteiger partial charge in [-0.25, -0.2) is 0 Å². The van der Waals surface area contributed by atoms with Gasteiger partial charge in [-0.2, -0.15) is 0 Å². The fraction of sp³-hybridized carbons (Fsp3) is 0.884. The molecule has 0 saturated carbocycles. The Morgan fingerprint density at radius 2 is 1.60 bits per heavy atom. The number of hydrogen-bond acceptors (Lipinski definition) is 13. The summed E-state index contributed by atoms with van der Waals surface area (Å²) in [6.45, 7) is 12.1. The first-order valence-corrected chi connectivity index (χ1v) is 23.6. The summed E-state index contributed by atoms with van der Waals surface area (Å²) in [6.07, 6.45) is 6.18. The zero-order chi connectivity index (χ0) is 39.6. The van der Waals surface area contributed by atoms with Crippen molar-refractivity contribution in [1.29, 1.82) is 0 Å². The standard InChI is InChI=1S/C43H65NO12S/c1-22-14-27-6-8-31-23(2)15-29(49-31)10-11-43-20-36-39(55-43)40-41(54-36)42(56-43)38-32(53-40)9-7-28(51-38)16-25(45)17-30-34(19-33(50-27)24(22)3)52-35(37(30)48-4)18-26(46)21-44-12-13-57(5)47/h22,26-42,44,46H,2-3,6-21H2,1,4-5H3/t22-,26+,27+,28-,29+,30+,31+,32+,33-,34+,35-,36-,37-,38+,39+,40+,41+,42?,43+,57?/m1/s1.